The summed E-state index contributed by atoms with van der Waals surface area (Å²) >= 11 is 0. The van der Waals surface area contributed by atoms with E-state index in [0.717, 1.165) is 56.7 Å². The number of hydrogen-bond donors (Lipinski definition) is 1. The Balaban J connectivity index is 1.55. The number of hydrogen-bond acceptors (Lipinski definition) is 3. The summed E-state index contributed by atoms with van der Waals surface area (Å²) in [5.74, 6) is 0.793. The molecule has 4 heteroatoms. The third kappa shape index (κ3) is 2.72. The Labute approximate surface area is 120 Å². The number of benzene rings is 1. The molecule has 1 saturated heterocycles. The summed E-state index contributed by atoms with van der Waals surface area (Å²) in [6, 6.07) is 7.93. The summed E-state index contributed by atoms with van der Waals surface area (Å²) in [5.41, 5.74) is 2.04. The van der Waals surface area contributed by atoms with Crippen molar-refractivity contribution in [2.75, 3.05) is 32.8 Å². The number of aliphatic hydroxyl groups is 1. The van der Waals surface area contributed by atoms with Crippen molar-refractivity contribution >= 4 is 5.91 Å². The predicted molar refractivity (Wildman–Crippen MR) is 77.4 cm³/mol. The Kier molecular flexibility index (Phi) is 4.03. The molecule has 0 saturated carbocycles. The lowest BCUT2D eigenvalue weighted by Crippen LogP contribution is -2.39. The van der Waals surface area contributed by atoms with Gasteiger partial charge in [0.1, 0.15) is 0 Å². The van der Waals surface area contributed by atoms with Gasteiger partial charge in [-0.25, -0.2) is 0 Å². The standard InChI is InChI=1S/C16H22N2O2/c19-10-9-17-7-5-13(6-8-17)11-18-12-14-3-1-2-4-15(14)16(18)20/h1-4,13,19H,5-12H2. The van der Waals surface area contributed by atoms with Gasteiger partial charge < -0.3 is 14.9 Å². The molecule has 1 aromatic rings. The zero-order valence-electron chi connectivity index (χ0n) is 11.8. The lowest BCUT2D eigenvalue weighted by molar-refractivity contribution is 0.0706. The molecule has 2 heterocycles. The summed E-state index contributed by atoms with van der Waals surface area (Å²) in [7, 11) is 0. The molecule has 20 heavy (non-hydrogen) atoms. The molecule has 2 aliphatic rings. The largest absolute Gasteiger partial charge is 0.395 e. The lowest BCUT2D eigenvalue weighted by atomic mass is 9.96. The van der Waals surface area contributed by atoms with E-state index in [1.807, 2.05) is 23.1 Å². The van der Waals surface area contributed by atoms with Crippen LogP contribution in [0.4, 0.5) is 0 Å². The van der Waals surface area contributed by atoms with Crippen molar-refractivity contribution in [3.05, 3.63) is 35.4 Å². The van der Waals surface area contributed by atoms with Gasteiger partial charge in [-0.2, -0.15) is 0 Å². The molecule has 0 unspecified atom stereocenters. The Morgan fingerprint density at radius 2 is 1.95 bits per heavy atom. The Bertz CT molecular complexity index is 481. The highest BCUT2D eigenvalue weighted by Gasteiger charge is 2.29. The summed E-state index contributed by atoms with van der Waals surface area (Å²) < 4.78 is 0. The second-order valence-corrected chi connectivity index (χ2v) is 5.85. The van der Waals surface area contributed by atoms with E-state index in [1.54, 1.807) is 0 Å². The maximum atomic E-state index is 12.3. The molecule has 1 amide bonds. The zero-order chi connectivity index (χ0) is 13.9. The Hall–Kier alpha value is -1.39. The average molecular weight is 274 g/mol. The maximum absolute atomic E-state index is 12.3. The number of carbonyl (C=O) groups excluding carboxylic acids is 1. The van der Waals surface area contributed by atoms with Crippen LogP contribution in [0.3, 0.4) is 0 Å². The molecule has 4 nitrogen and oxygen atoms in total. The first-order valence-electron chi connectivity index (χ1n) is 7.48. The molecular formula is C16H22N2O2. The van der Waals surface area contributed by atoms with Crippen molar-refractivity contribution in [3.63, 3.8) is 0 Å². The lowest BCUT2D eigenvalue weighted by Gasteiger charge is -2.33. The highest BCUT2D eigenvalue weighted by Crippen LogP contribution is 2.26. The number of aliphatic hydroxyl groups excluding tert-OH is 1. The fraction of sp³-hybridized carbons (Fsp3) is 0.562. The zero-order valence-corrected chi connectivity index (χ0v) is 11.8. The van der Waals surface area contributed by atoms with Gasteiger partial charge in [-0.15, -0.1) is 0 Å². The molecule has 0 aromatic heterocycles. The summed E-state index contributed by atoms with van der Waals surface area (Å²) in [5, 5.41) is 8.95. The van der Waals surface area contributed by atoms with E-state index in [2.05, 4.69) is 11.0 Å². The molecule has 0 radical (unpaired) electrons. The third-order valence-electron chi connectivity index (χ3n) is 4.50. The molecule has 0 atom stereocenters. The van der Waals surface area contributed by atoms with Crippen molar-refractivity contribution < 1.29 is 9.90 Å². The fourth-order valence-corrected chi connectivity index (χ4v) is 3.31. The van der Waals surface area contributed by atoms with E-state index in [4.69, 9.17) is 5.11 Å². The van der Waals surface area contributed by atoms with E-state index >= 15 is 0 Å². The van der Waals surface area contributed by atoms with Crippen LogP contribution in [0.1, 0.15) is 28.8 Å². The molecule has 1 fully saturated rings. The van der Waals surface area contributed by atoms with Crippen LogP contribution < -0.4 is 0 Å². The number of likely N-dealkylation sites (tertiary alicyclic amines) is 1. The van der Waals surface area contributed by atoms with E-state index < -0.39 is 0 Å². The van der Waals surface area contributed by atoms with Crippen molar-refractivity contribution in [1.29, 1.82) is 0 Å². The van der Waals surface area contributed by atoms with Crippen LogP contribution in [0.2, 0.25) is 0 Å². The minimum absolute atomic E-state index is 0.193. The normalized spacial score (nSPS) is 20.4. The van der Waals surface area contributed by atoms with Gasteiger partial charge in [-0.1, -0.05) is 18.2 Å². The second-order valence-electron chi connectivity index (χ2n) is 5.85. The molecule has 3 rings (SSSR count). The van der Waals surface area contributed by atoms with Gasteiger partial charge in [0.05, 0.1) is 6.61 Å². The molecule has 0 spiro atoms. The van der Waals surface area contributed by atoms with Crippen molar-refractivity contribution in [2.24, 2.45) is 5.92 Å². The van der Waals surface area contributed by atoms with Crippen LogP contribution in [0.25, 0.3) is 0 Å². The first kappa shape index (κ1) is 13.6. The molecule has 1 aromatic carbocycles. The highest BCUT2D eigenvalue weighted by molar-refractivity contribution is 5.98. The molecule has 0 aliphatic carbocycles. The third-order valence-corrected chi connectivity index (χ3v) is 4.50. The van der Waals surface area contributed by atoms with Crippen molar-refractivity contribution in [1.82, 2.24) is 9.80 Å². The minimum atomic E-state index is 0.193. The second kappa shape index (κ2) is 5.94. The number of piperidine rings is 1. The van der Waals surface area contributed by atoms with Gasteiger partial charge in [-0.3, -0.25) is 4.79 Å². The first-order valence-corrected chi connectivity index (χ1v) is 7.48. The Morgan fingerprint density at radius 1 is 1.20 bits per heavy atom. The monoisotopic (exact) mass is 274 g/mol. The van der Waals surface area contributed by atoms with Crippen LogP contribution in [-0.4, -0.2) is 53.6 Å². The van der Waals surface area contributed by atoms with Gasteiger partial charge in [0, 0.05) is 25.2 Å². The maximum Gasteiger partial charge on any atom is 0.254 e. The number of nitrogens with zero attached hydrogens (tertiary/aromatic N) is 2. The SMILES string of the molecule is O=C1c2ccccc2CN1CC1CCN(CCO)CC1. The number of fused-ring (bicyclic) bond motifs is 1. The smallest absolute Gasteiger partial charge is 0.254 e. The number of amides is 1. The van der Waals surface area contributed by atoms with E-state index in [-0.39, 0.29) is 12.5 Å². The molecule has 1 N–H and O–H groups in total. The average Bonchev–Trinajstić information content (AvgIpc) is 2.79. The summed E-state index contributed by atoms with van der Waals surface area (Å²) in [4.78, 5) is 16.6. The van der Waals surface area contributed by atoms with Crippen LogP contribution in [-0.2, 0) is 6.54 Å². The Morgan fingerprint density at radius 3 is 2.65 bits per heavy atom. The molecule has 2 aliphatic heterocycles. The topological polar surface area (TPSA) is 43.8 Å². The van der Waals surface area contributed by atoms with Gasteiger partial charge in [0.15, 0.2) is 0 Å². The van der Waals surface area contributed by atoms with Gasteiger partial charge in [0.25, 0.3) is 5.91 Å². The fourth-order valence-electron chi connectivity index (χ4n) is 3.31. The first-order chi connectivity index (χ1) is 9.78. The van der Waals surface area contributed by atoms with Crippen LogP contribution in [0.15, 0.2) is 24.3 Å². The molecular weight excluding hydrogens is 252 g/mol. The quantitative estimate of drug-likeness (QED) is 0.901. The van der Waals surface area contributed by atoms with E-state index in [9.17, 15) is 4.79 Å². The van der Waals surface area contributed by atoms with Crippen molar-refractivity contribution in [3.8, 4) is 0 Å². The minimum Gasteiger partial charge on any atom is -0.395 e. The van der Waals surface area contributed by atoms with Crippen molar-refractivity contribution in [2.45, 2.75) is 19.4 Å². The molecule has 108 valence electrons. The number of carbonyl (C=O) groups is 1. The van der Waals surface area contributed by atoms with Gasteiger partial charge in [-0.05, 0) is 43.5 Å². The highest BCUT2D eigenvalue weighted by atomic mass is 16.3. The van der Waals surface area contributed by atoms with Crippen LogP contribution >= 0.6 is 0 Å². The predicted octanol–water partition coefficient (Wildman–Crippen LogP) is 1.35. The van der Waals surface area contributed by atoms with E-state index in [1.165, 1.54) is 0 Å². The molecule has 0 bridgehead atoms. The van der Waals surface area contributed by atoms with Crippen LogP contribution in [0.5, 0.6) is 0 Å². The van der Waals surface area contributed by atoms with E-state index in [0.29, 0.717) is 5.92 Å². The summed E-state index contributed by atoms with van der Waals surface area (Å²) in [6.07, 6.45) is 2.25. The van der Waals surface area contributed by atoms with Gasteiger partial charge >= 0.3 is 0 Å². The number of β-amino-alcohol motifs (C(OH)–C–C–N with tert-alkyl or cyclic N) is 1. The van der Waals surface area contributed by atoms with Crippen LogP contribution in [0, 0.1) is 5.92 Å². The summed E-state index contributed by atoms with van der Waals surface area (Å²) in [6.45, 7) is 4.75. The number of rotatable bonds is 4. The van der Waals surface area contributed by atoms with Gasteiger partial charge in [0.2, 0.25) is 0 Å².